The molecule has 5 rings (SSSR count). The molecule has 176 valence electrons. The van der Waals surface area contributed by atoms with E-state index in [0.29, 0.717) is 11.8 Å². The number of likely N-dealkylation sites (tertiary alicyclic amines) is 1. The van der Waals surface area contributed by atoms with E-state index in [4.69, 9.17) is 11.6 Å². The lowest BCUT2D eigenvalue weighted by molar-refractivity contribution is -0.139. The van der Waals surface area contributed by atoms with E-state index < -0.39 is 0 Å². The number of pyridine rings is 1. The van der Waals surface area contributed by atoms with Crippen LogP contribution in [-0.4, -0.2) is 66.5 Å². The number of anilines is 1. The van der Waals surface area contributed by atoms with Gasteiger partial charge in [-0.25, -0.2) is 4.98 Å². The van der Waals surface area contributed by atoms with Gasteiger partial charge in [0.1, 0.15) is 5.82 Å². The van der Waals surface area contributed by atoms with E-state index >= 15 is 0 Å². The zero-order chi connectivity index (χ0) is 22.7. The summed E-state index contributed by atoms with van der Waals surface area (Å²) in [6.45, 7) is 7.06. The van der Waals surface area contributed by atoms with Crippen molar-refractivity contribution in [3.8, 4) is 0 Å². The lowest BCUT2D eigenvalue weighted by Gasteiger charge is -2.42. The Morgan fingerprint density at radius 3 is 2.42 bits per heavy atom. The summed E-state index contributed by atoms with van der Waals surface area (Å²) in [7, 11) is 0. The van der Waals surface area contributed by atoms with Gasteiger partial charge in [0.2, 0.25) is 5.91 Å². The number of halogens is 1. The highest BCUT2D eigenvalue weighted by atomic mass is 35.5. The first kappa shape index (κ1) is 22.7. The molecule has 1 amide bonds. The van der Waals surface area contributed by atoms with Crippen molar-refractivity contribution >= 4 is 23.3 Å². The summed E-state index contributed by atoms with van der Waals surface area (Å²) in [6, 6.07) is 14.2. The minimum atomic E-state index is -0.346. The van der Waals surface area contributed by atoms with Gasteiger partial charge in [0.15, 0.2) is 0 Å². The van der Waals surface area contributed by atoms with Gasteiger partial charge in [0, 0.05) is 57.0 Å². The molecule has 2 saturated heterocycles. The fourth-order valence-corrected chi connectivity index (χ4v) is 6.27. The van der Waals surface area contributed by atoms with Crippen LogP contribution < -0.4 is 4.90 Å². The first-order valence-corrected chi connectivity index (χ1v) is 13.0. The zero-order valence-corrected chi connectivity index (χ0v) is 20.2. The van der Waals surface area contributed by atoms with Crippen molar-refractivity contribution in [2.45, 2.75) is 43.9 Å². The Kier molecular flexibility index (Phi) is 6.89. The highest BCUT2D eigenvalue weighted by Crippen LogP contribution is 2.43. The van der Waals surface area contributed by atoms with E-state index in [0.717, 1.165) is 94.3 Å². The predicted octanol–water partition coefficient (Wildman–Crippen LogP) is 4.61. The van der Waals surface area contributed by atoms with Crippen molar-refractivity contribution in [1.82, 2.24) is 14.8 Å². The molecule has 5 nitrogen and oxygen atoms in total. The number of rotatable bonds is 5. The number of carbonyl (C=O) groups excluding carboxylic acids is 1. The van der Waals surface area contributed by atoms with Gasteiger partial charge in [-0.3, -0.25) is 9.69 Å². The van der Waals surface area contributed by atoms with Crippen LogP contribution in [0.5, 0.6) is 0 Å². The fourth-order valence-electron chi connectivity index (χ4n) is 6.14. The summed E-state index contributed by atoms with van der Waals surface area (Å²) in [6.07, 6.45) is 8.39. The second-order valence-electron chi connectivity index (χ2n) is 10.0. The summed E-state index contributed by atoms with van der Waals surface area (Å²) in [5.41, 5.74) is 0.808. The van der Waals surface area contributed by atoms with Crippen LogP contribution in [-0.2, 0) is 10.2 Å². The number of nitrogens with zero attached hydrogens (tertiary/aromatic N) is 4. The molecule has 1 saturated carbocycles. The molecule has 0 spiro atoms. The normalized spacial score (nSPS) is 23.6. The van der Waals surface area contributed by atoms with Crippen LogP contribution in [0.1, 0.15) is 44.1 Å². The average Bonchev–Trinajstić information content (AvgIpc) is 3.36. The molecule has 0 bridgehead atoms. The molecule has 1 aliphatic carbocycles. The third-order valence-corrected chi connectivity index (χ3v) is 8.18. The number of hydrogen-bond acceptors (Lipinski definition) is 4. The summed E-state index contributed by atoms with van der Waals surface area (Å²) in [4.78, 5) is 25.6. The SMILES string of the molecule is O=C(N1CCCC(CN2CCN(c3ccccn3)CC2)C1)C1(c2ccc(Cl)cc2)CCCC1. The zero-order valence-electron chi connectivity index (χ0n) is 19.5. The Balaban J connectivity index is 1.20. The van der Waals surface area contributed by atoms with Crippen LogP contribution in [0, 0.1) is 5.92 Å². The Morgan fingerprint density at radius 1 is 0.970 bits per heavy atom. The standard InChI is InChI=1S/C27H35ClN4O/c28-24-10-8-23(9-11-24)27(12-2-3-13-27)26(33)32-15-5-6-22(21-32)20-30-16-18-31(19-17-30)25-7-1-4-14-29-25/h1,4,7-11,14,22H,2-3,5-6,12-13,15-21H2. The van der Waals surface area contributed by atoms with Gasteiger partial charge in [0.25, 0.3) is 0 Å². The van der Waals surface area contributed by atoms with E-state index in [9.17, 15) is 4.79 Å². The first-order valence-electron chi connectivity index (χ1n) is 12.6. The third kappa shape index (κ3) is 4.90. The molecule has 6 heteroatoms. The molecule has 3 heterocycles. The molecule has 2 aliphatic heterocycles. The second-order valence-corrected chi connectivity index (χ2v) is 10.5. The van der Waals surface area contributed by atoms with Crippen LogP contribution in [0.25, 0.3) is 0 Å². The van der Waals surface area contributed by atoms with Crippen molar-refractivity contribution < 1.29 is 4.79 Å². The molecule has 1 atom stereocenters. The molecule has 1 unspecified atom stereocenters. The fraction of sp³-hybridized carbons (Fsp3) is 0.556. The maximum absolute atomic E-state index is 13.9. The molecule has 2 aromatic rings. The van der Waals surface area contributed by atoms with Gasteiger partial charge in [-0.15, -0.1) is 0 Å². The second kappa shape index (κ2) is 10.0. The van der Waals surface area contributed by atoms with Gasteiger partial charge in [0.05, 0.1) is 5.41 Å². The van der Waals surface area contributed by atoms with Crippen molar-refractivity contribution in [3.63, 3.8) is 0 Å². The summed E-state index contributed by atoms with van der Waals surface area (Å²) < 4.78 is 0. The smallest absolute Gasteiger partial charge is 0.233 e. The monoisotopic (exact) mass is 466 g/mol. The molecule has 3 fully saturated rings. The van der Waals surface area contributed by atoms with Gasteiger partial charge in [-0.1, -0.05) is 42.6 Å². The molecular weight excluding hydrogens is 432 g/mol. The quantitative estimate of drug-likeness (QED) is 0.645. The molecule has 1 aromatic carbocycles. The van der Waals surface area contributed by atoms with Gasteiger partial charge >= 0.3 is 0 Å². The number of carbonyl (C=O) groups is 1. The van der Waals surface area contributed by atoms with E-state index in [-0.39, 0.29) is 5.41 Å². The van der Waals surface area contributed by atoms with Gasteiger partial charge < -0.3 is 9.80 Å². The maximum atomic E-state index is 13.9. The van der Waals surface area contributed by atoms with Crippen molar-refractivity contribution in [2.75, 3.05) is 50.7 Å². The number of piperazine rings is 1. The molecule has 0 N–H and O–H groups in total. The van der Waals surface area contributed by atoms with E-state index in [1.807, 2.05) is 24.4 Å². The van der Waals surface area contributed by atoms with E-state index in [1.165, 1.54) is 6.42 Å². The minimum Gasteiger partial charge on any atom is -0.354 e. The maximum Gasteiger partial charge on any atom is 0.233 e. The van der Waals surface area contributed by atoms with Crippen LogP contribution in [0.2, 0.25) is 5.02 Å². The summed E-state index contributed by atoms with van der Waals surface area (Å²) in [5.74, 6) is 2.00. The topological polar surface area (TPSA) is 39.7 Å². The van der Waals surface area contributed by atoms with Crippen molar-refractivity contribution in [3.05, 3.63) is 59.2 Å². The Morgan fingerprint density at radius 2 is 1.73 bits per heavy atom. The number of aromatic nitrogens is 1. The summed E-state index contributed by atoms with van der Waals surface area (Å²) >= 11 is 6.14. The van der Waals surface area contributed by atoms with Crippen LogP contribution in [0.15, 0.2) is 48.7 Å². The Labute approximate surface area is 202 Å². The first-order chi connectivity index (χ1) is 16.1. The van der Waals surface area contributed by atoms with Crippen molar-refractivity contribution in [2.24, 2.45) is 5.92 Å². The number of piperidine rings is 1. The number of benzene rings is 1. The van der Waals surface area contributed by atoms with Gasteiger partial charge in [-0.2, -0.15) is 0 Å². The lowest BCUT2D eigenvalue weighted by Crippen LogP contribution is -2.52. The lowest BCUT2D eigenvalue weighted by atomic mass is 9.77. The van der Waals surface area contributed by atoms with E-state index in [2.05, 4.69) is 43.9 Å². The molecular formula is C27H35ClN4O. The Hall–Kier alpha value is -2.11. The van der Waals surface area contributed by atoms with E-state index in [1.54, 1.807) is 0 Å². The Bertz CT molecular complexity index is 921. The number of amides is 1. The highest BCUT2D eigenvalue weighted by Gasteiger charge is 2.45. The summed E-state index contributed by atoms with van der Waals surface area (Å²) in [5, 5.41) is 0.737. The highest BCUT2D eigenvalue weighted by molar-refractivity contribution is 6.30. The molecule has 3 aliphatic rings. The number of hydrogen-bond donors (Lipinski definition) is 0. The van der Waals surface area contributed by atoms with Crippen molar-refractivity contribution in [1.29, 1.82) is 0 Å². The minimum absolute atomic E-state index is 0.346. The van der Waals surface area contributed by atoms with Crippen LogP contribution in [0.3, 0.4) is 0 Å². The van der Waals surface area contributed by atoms with Crippen LogP contribution >= 0.6 is 11.6 Å². The predicted molar refractivity (Wildman–Crippen MR) is 134 cm³/mol. The largest absolute Gasteiger partial charge is 0.354 e. The van der Waals surface area contributed by atoms with Crippen LogP contribution in [0.4, 0.5) is 5.82 Å². The molecule has 1 aromatic heterocycles. The van der Waals surface area contributed by atoms with Gasteiger partial charge in [-0.05, 0) is 61.4 Å². The third-order valence-electron chi connectivity index (χ3n) is 7.93. The molecule has 33 heavy (non-hydrogen) atoms. The molecule has 0 radical (unpaired) electrons. The average molecular weight is 467 g/mol.